The van der Waals surface area contributed by atoms with Crippen molar-refractivity contribution in [3.63, 3.8) is 0 Å². The van der Waals surface area contributed by atoms with Crippen LogP contribution in [0, 0.1) is 5.92 Å². The minimum absolute atomic E-state index is 0.0146. The number of hydrogen-bond donors (Lipinski definition) is 2. The lowest BCUT2D eigenvalue weighted by Crippen LogP contribution is -2.45. The third-order valence-electron chi connectivity index (χ3n) is 4.49. The molecule has 2 amide bonds. The van der Waals surface area contributed by atoms with Crippen molar-refractivity contribution in [1.29, 1.82) is 0 Å². The summed E-state index contributed by atoms with van der Waals surface area (Å²) in [5.74, 6) is -2.09. The zero-order valence-corrected chi connectivity index (χ0v) is 19.2. The van der Waals surface area contributed by atoms with Gasteiger partial charge in [-0.05, 0) is 36.2 Å². The molecule has 9 nitrogen and oxygen atoms in total. The lowest BCUT2D eigenvalue weighted by atomic mass is 10.0. The number of amides is 2. The van der Waals surface area contributed by atoms with Gasteiger partial charge in [0, 0.05) is 25.3 Å². The largest absolute Gasteiger partial charge is 0.454 e. The van der Waals surface area contributed by atoms with Crippen LogP contribution >= 0.6 is 0 Å². The first-order valence-corrected chi connectivity index (χ1v) is 11.3. The van der Waals surface area contributed by atoms with Gasteiger partial charge < -0.3 is 15.4 Å². The third kappa shape index (κ3) is 6.63. The van der Waals surface area contributed by atoms with Crippen LogP contribution in [-0.4, -0.2) is 57.3 Å². The zero-order chi connectivity index (χ0) is 23.9. The molecule has 0 saturated carbocycles. The first-order chi connectivity index (χ1) is 15.0. The standard InChI is InChI=1S/C22H27N3O6S/c1-15(2)20(24-21(27)16-9-6-5-7-10-16)22(28)31-14-19(26)23-17-11-8-12-18(13-17)32(29,30)25(3)4/h5-13,15,20H,14H2,1-4H3,(H,23,26)(H,24,27)/t20-/m0/s1. The van der Waals surface area contributed by atoms with Gasteiger partial charge in [0.15, 0.2) is 6.61 Å². The third-order valence-corrected chi connectivity index (χ3v) is 6.30. The molecule has 0 unspecified atom stereocenters. The van der Waals surface area contributed by atoms with Gasteiger partial charge in [0.05, 0.1) is 4.90 Å². The Hall–Kier alpha value is -3.24. The highest BCUT2D eigenvalue weighted by Crippen LogP contribution is 2.18. The predicted molar refractivity (Wildman–Crippen MR) is 119 cm³/mol. The van der Waals surface area contributed by atoms with Crippen molar-refractivity contribution in [1.82, 2.24) is 9.62 Å². The van der Waals surface area contributed by atoms with Gasteiger partial charge in [-0.15, -0.1) is 0 Å². The molecular formula is C22H27N3O6S. The minimum atomic E-state index is -3.66. The molecule has 0 saturated heterocycles. The van der Waals surface area contributed by atoms with Crippen molar-refractivity contribution in [3.05, 3.63) is 60.2 Å². The van der Waals surface area contributed by atoms with Crippen molar-refractivity contribution in [2.75, 3.05) is 26.0 Å². The molecule has 2 aromatic carbocycles. The van der Waals surface area contributed by atoms with Crippen LogP contribution in [0.1, 0.15) is 24.2 Å². The molecule has 0 spiro atoms. The number of rotatable bonds is 9. The average molecular weight is 462 g/mol. The monoisotopic (exact) mass is 461 g/mol. The second-order valence-corrected chi connectivity index (χ2v) is 9.68. The quantitative estimate of drug-likeness (QED) is 0.550. The fraction of sp³-hybridized carbons (Fsp3) is 0.318. The van der Waals surface area contributed by atoms with Gasteiger partial charge in [-0.1, -0.05) is 38.1 Å². The summed E-state index contributed by atoms with van der Waals surface area (Å²) in [6.45, 7) is 2.90. The van der Waals surface area contributed by atoms with E-state index >= 15 is 0 Å². The molecule has 0 aliphatic heterocycles. The van der Waals surface area contributed by atoms with Crippen LogP contribution in [0.3, 0.4) is 0 Å². The van der Waals surface area contributed by atoms with E-state index in [9.17, 15) is 22.8 Å². The number of hydrogen-bond acceptors (Lipinski definition) is 6. The minimum Gasteiger partial charge on any atom is -0.454 e. The molecule has 1 atom stereocenters. The van der Waals surface area contributed by atoms with Crippen molar-refractivity contribution >= 4 is 33.5 Å². The Bertz CT molecular complexity index is 1070. The molecule has 0 heterocycles. The highest BCUT2D eigenvalue weighted by atomic mass is 32.2. The number of carbonyl (C=O) groups excluding carboxylic acids is 3. The zero-order valence-electron chi connectivity index (χ0n) is 18.4. The van der Waals surface area contributed by atoms with E-state index in [-0.39, 0.29) is 16.5 Å². The van der Waals surface area contributed by atoms with Gasteiger partial charge in [-0.3, -0.25) is 9.59 Å². The number of carbonyl (C=O) groups is 3. The van der Waals surface area contributed by atoms with E-state index in [0.29, 0.717) is 5.56 Å². The van der Waals surface area contributed by atoms with Gasteiger partial charge >= 0.3 is 5.97 Å². The lowest BCUT2D eigenvalue weighted by molar-refractivity contribution is -0.150. The van der Waals surface area contributed by atoms with Gasteiger partial charge in [-0.2, -0.15) is 0 Å². The van der Waals surface area contributed by atoms with Crippen LogP contribution in [0.5, 0.6) is 0 Å². The summed E-state index contributed by atoms with van der Waals surface area (Å²) in [6.07, 6.45) is 0. The smallest absolute Gasteiger partial charge is 0.329 e. The summed E-state index contributed by atoms with van der Waals surface area (Å²) in [5.41, 5.74) is 0.642. The van der Waals surface area contributed by atoms with Crippen LogP contribution in [0.15, 0.2) is 59.5 Å². The Morgan fingerprint density at radius 1 is 1.00 bits per heavy atom. The topological polar surface area (TPSA) is 122 Å². The molecule has 0 aliphatic rings. The Morgan fingerprint density at radius 3 is 2.25 bits per heavy atom. The van der Waals surface area contributed by atoms with Crippen molar-refractivity contribution < 1.29 is 27.5 Å². The number of sulfonamides is 1. The highest BCUT2D eigenvalue weighted by molar-refractivity contribution is 7.89. The molecular weight excluding hydrogens is 434 g/mol. The second-order valence-electron chi connectivity index (χ2n) is 7.53. The summed E-state index contributed by atoms with van der Waals surface area (Å²) >= 11 is 0. The fourth-order valence-corrected chi connectivity index (χ4v) is 3.63. The number of nitrogens with one attached hydrogen (secondary N) is 2. The maximum absolute atomic E-state index is 12.5. The van der Waals surface area contributed by atoms with Gasteiger partial charge in [0.25, 0.3) is 11.8 Å². The number of nitrogens with zero attached hydrogens (tertiary/aromatic N) is 1. The maximum atomic E-state index is 12.5. The molecule has 0 aromatic heterocycles. The van der Waals surface area contributed by atoms with E-state index in [1.54, 1.807) is 44.2 Å². The average Bonchev–Trinajstić information content (AvgIpc) is 2.76. The van der Waals surface area contributed by atoms with E-state index in [0.717, 1.165) is 4.31 Å². The summed E-state index contributed by atoms with van der Waals surface area (Å²) < 4.78 is 30.6. The maximum Gasteiger partial charge on any atom is 0.329 e. The van der Waals surface area contributed by atoms with E-state index in [4.69, 9.17) is 4.74 Å². The van der Waals surface area contributed by atoms with Crippen LogP contribution in [0.25, 0.3) is 0 Å². The molecule has 2 rings (SSSR count). The van der Waals surface area contributed by atoms with E-state index in [1.807, 2.05) is 0 Å². The van der Waals surface area contributed by atoms with Gasteiger partial charge in [0.1, 0.15) is 6.04 Å². The number of ether oxygens (including phenoxy) is 1. The Kier molecular flexibility index (Phi) is 8.50. The fourth-order valence-electron chi connectivity index (χ4n) is 2.68. The molecule has 0 fully saturated rings. The Morgan fingerprint density at radius 2 is 1.66 bits per heavy atom. The first kappa shape index (κ1) is 25.0. The van der Waals surface area contributed by atoms with Crippen molar-refractivity contribution in [2.24, 2.45) is 5.92 Å². The SMILES string of the molecule is CC(C)[C@H](NC(=O)c1ccccc1)C(=O)OCC(=O)Nc1cccc(S(=O)(=O)N(C)C)c1. The molecule has 32 heavy (non-hydrogen) atoms. The van der Waals surface area contributed by atoms with E-state index < -0.39 is 40.5 Å². The highest BCUT2D eigenvalue weighted by Gasteiger charge is 2.27. The Labute approximate surface area is 187 Å². The molecule has 172 valence electrons. The molecule has 0 bridgehead atoms. The van der Waals surface area contributed by atoms with Crippen molar-refractivity contribution in [2.45, 2.75) is 24.8 Å². The number of esters is 1. The van der Waals surface area contributed by atoms with Crippen LogP contribution in [0.2, 0.25) is 0 Å². The molecule has 0 radical (unpaired) electrons. The van der Waals surface area contributed by atoms with E-state index in [2.05, 4.69) is 10.6 Å². The van der Waals surface area contributed by atoms with Crippen molar-refractivity contribution in [3.8, 4) is 0 Å². The van der Waals surface area contributed by atoms with Crippen LogP contribution in [0.4, 0.5) is 5.69 Å². The van der Waals surface area contributed by atoms with Crippen LogP contribution in [-0.2, 0) is 24.3 Å². The number of benzene rings is 2. The summed E-state index contributed by atoms with van der Waals surface area (Å²) in [7, 11) is -0.851. The molecule has 10 heteroatoms. The van der Waals surface area contributed by atoms with E-state index in [1.165, 1.54) is 38.4 Å². The lowest BCUT2D eigenvalue weighted by Gasteiger charge is -2.20. The summed E-state index contributed by atoms with van der Waals surface area (Å²) in [4.78, 5) is 37.0. The van der Waals surface area contributed by atoms with Crippen LogP contribution < -0.4 is 10.6 Å². The molecule has 2 aromatic rings. The van der Waals surface area contributed by atoms with Gasteiger partial charge in [-0.25, -0.2) is 17.5 Å². The molecule has 2 N–H and O–H groups in total. The second kappa shape index (κ2) is 10.9. The first-order valence-electron chi connectivity index (χ1n) is 9.87. The Balaban J connectivity index is 1.97. The summed E-state index contributed by atoms with van der Waals surface area (Å²) in [5, 5.41) is 5.12. The number of anilines is 1. The predicted octanol–water partition coefficient (Wildman–Crippen LogP) is 1.87. The van der Waals surface area contributed by atoms with Gasteiger partial charge in [0.2, 0.25) is 10.0 Å². The summed E-state index contributed by atoms with van der Waals surface area (Å²) in [6, 6.07) is 13.2. The molecule has 0 aliphatic carbocycles. The normalized spacial score (nSPS) is 12.3.